The fraction of sp³-hybridized carbons (Fsp3) is 0.333. The zero-order valence-electron chi connectivity index (χ0n) is 5.14. The monoisotopic (exact) mass is 141 g/mol. The molecule has 0 aliphatic rings. The van der Waals surface area contributed by atoms with E-state index in [4.69, 9.17) is 0 Å². The summed E-state index contributed by atoms with van der Waals surface area (Å²) >= 11 is 1.88. The van der Waals surface area contributed by atoms with Crippen molar-refractivity contribution in [2.24, 2.45) is 0 Å². The molecule has 0 aliphatic heterocycles. The summed E-state index contributed by atoms with van der Waals surface area (Å²) in [6.45, 7) is 4.63. The Morgan fingerprint density at radius 1 is 1.50 bits per heavy atom. The molecule has 1 aromatic rings. The van der Waals surface area contributed by atoms with Gasteiger partial charge in [0.25, 0.3) is 0 Å². The van der Waals surface area contributed by atoms with Crippen LogP contribution in [-0.2, 0) is 0 Å². The van der Waals surface area contributed by atoms with Gasteiger partial charge < -0.3 is 0 Å². The van der Waals surface area contributed by atoms with E-state index in [1.807, 2.05) is 11.3 Å². The van der Waals surface area contributed by atoms with E-state index in [0.717, 1.165) is 0 Å². The lowest BCUT2D eigenvalue weighted by atomic mass is 10.7. The first-order valence-corrected chi connectivity index (χ1v) is 6.02. The van der Waals surface area contributed by atoms with Gasteiger partial charge in [0.1, 0.15) is 0 Å². The van der Waals surface area contributed by atoms with Crippen molar-refractivity contribution in [3.8, 4) is 0 Å². The van der Waals surface area contributed by atoms with Crippen molar-refractivity contribution in [2.75, 3.05) is 0 Å². The molecule has 0 saturated carbocycles. The van der Waals surface area contributed by atoms with Crippen molar-refractivity contribution in [1.82, 2.24) is 0 Å². The van der Waals surface area contributed by atoms with Crippen LogP contribution in [0.3, 0.4) is 0 Å². The third-order valence-electron chi connectivity index (χ3n) is 1.01. The molecule has 0 bridgehead atoms. The highest BCUT2D eigenvalue weighted by molar-refractivity contribution is 7.21. The molecule has 1 rings (SSSR count). The molecule has 1 radical (unpaired) electrons. The van der Waals surface area contributed by atoms with Crippen molar-refractivity contribution >= 4 is 24.6 Å². The summed E-state index contributed by atoms with van der Waals surface area (Å²) in [4.78, 5) is 0. The molecule has 0 unspecified atom stereocenters. The normalized spacial score (nSPS) is 10.4. The van der Waals surface area contributed by atoms with Gasteiger partial charge in [0, 0.05) is 0 Å². The van der Waals surface area contributed by atoms with Gasteiger partial charge in [0.15, 0.2) is 0 Å². The van der Waals surface area contributed by atoms with Gasteiger partial charge in [-0.25, -0.2) is 0 Å². The van der Waals surface area contributed by atoms with E-state index in [1.54, 1.807) is 4.50 Å². The van der Waals surface area contributed by atoms with Gasteiger partial charge in [-0.2, -0.15) is 11.3 Å². The average Bonchev–Trinajstić information content (AvgIpc) is 2.12. The molecule has 0 amide bonds. The largest absolute Gasteiger partial charge is 0.154 e. The minimum absolute atomic E-state index is 0.151. The van der Waals surface area contributed by atoms with Crippen molar-refractivity contribution in [3.05, 3.63) is 17.5 Å². The lowest BCUT2D eigenvalue weighted by Gasteiger charge is -1.92. The third kappa shape index (κ3) is 1.20. The molecule has 0 saturated heterocycles. The molecule has 0 N–H and O–H groups in total. The van der Waals surface area contributed by atoms with Crippen LogP contribution >= 0.6 is 11.3 Å². The second-order valence-corrected chi connectivity index (χ2v) is 5.83. The van der Waals surface area contributed by atoms with Gasteiger partial charge in [-0.1, -0.05) is 25.2 Å². The molecule has 2 heteroatoms. The maximum absolute atomic E-state index is 2.32. The first-order valence-electron chi connectivity index (χ1n) is 2.65. The molecule has 1 aromatic heterocycles. The number of rotatable bonds is 1. The minimum Gasteiger partial charge on any atom is -0.154 e. The van der Waals surface area contributed by atoms with E-state index in [2.05, 4.69) is 30.6 Å². The number of thiophene rings is 1. The Balaban J connectivity index is 2.77. The number of hydrogen-bond donors (Lipinski definition) is 0. The minimum atomic E-state index is -0.151. The van der Waals surface area contributed by atoms with Crippen molar-refractivity contribution in [3.63, 3.8) is 0 Å². The predicted molar refractivity (Wildman–Crippen MR) is 41.4 cm³/mol. The van der Waals surface area contributed by atoms with Gasteiger partial charge in [-0.05, 0) is 9.88 Å². The third-order valence-corrected chi connectivity index (χ3v) is 4.43. The predicted octanol–water partition coefficient (Wildman–Crippen LogP) is 1.71. The van der Waals surface area contributed by atoms with Crippen LogP contribution in [0.5, 0.6) is 0 Å². The molecule has 8 heavy (non-hydrogen) atoms. The molecule has 43 valence electrons. The Morgan fingerprint density at radius 3 is 2.50 bits per heavy atom. The first kappa shape index (κ1) is 6.04. The van der Waals surface area contributed by atoms with Gasteiger partial charge >= 0.3 is 0 Å². The summed E-state index contributed by atoms with van der Waals surface area (Å²) < 4.78 is 1.58. The zero-order valence-corrected chi connectivity index (χ0v) is 6.96. The molecule has 0 aromatic carbocycles. The molecule has 0 fully saturated rings. The fourth-order valence-electron chi connectivity index (χ4n) is 0.563. The lowest BCUT2D eigenvalue weighted by molar-refractivity contribution is 1.97. The van der Waals surface area contributed by atoms with E-state index in [1.165, 1.54) is 0 Å². The van der Waals surface area contributed by atoms with Crippen molar-refractivity contribution in [1.29, 1.82) is 0 Å². The number of hydrogen-bond acceptors (Lipinski definition) is 1. The van der Waals surface area contributed by atoms with E-state index in [9.17, 15) is 0 Å². The molecule has 0 nitrogen and oxygen atoms in total. The second-order valence-electron chi connectivity index (χ2n) is 1.98. The van der Waals surface area contributed by atoms with E-state index < -0.39 is 0 Å². The standard InChI is InChI=1S/C6H9SSi/c1-8(2)6-4-3-5-7-6/h3-5H,1-2H3. The summed E-state index contributed by atoms with van der Waals surface area (Å²) in [5, 5.41) is 2.15. The average molecular weight is 141 g/mol. The van der Waals surface area contributed by atoms with E-state index in [0.29, 0.717) is 0 Å². The Bertz CT molecular complexity index is 144. The van der Waals surface area contributed by atoms with Gasteiger partial charge in [0.2, 0.25) is 0 Å². The smallest absolute Gasteiger partial charge is 0.0927 e. The molecule has 0 spiro atoms. The second kappa shape index (κ2) is 2.46. The summed E-state index contributed by atoms with van der Waals surface area (Å²) in [5.74, 6) is 0. The van der Waals surface area contributed by atoms with Crippen LogP contribution in [0, 0.1) is 0 Å². The van der Waals surface area contributed by atoms with Crippen LogP contribution in [0.4, 0.5) is 0 Å². The maximum atomic E-state index is 2.32. The van der Waals surface area contributed by atoms with Crippen LogP contribution < -0.4 is 4.50 Å². The summed E-state index contributed by atoms with van der Waals surface area (Å²) in [6, 6.07) is 4.34. The molecular weight excluding hydrogens is 132 g/mol. The highest BCUT2D eigenvalue weighted by atomic mass is 32.1. The zero-order chi connectivity index (χ0) is 5.98. The highest BCUT2D eigenvalue weighted by Gasteiger charge is 1.98. The fourth-order valence-corrected chi connectivity index (χ4v) is 2.60. The SMILES string of the molecule is C[Si](C)c1cccs1. The van der Waals surface area contributed by atoms with Crippen LogP contribution in [0.15, 0.2) is 17.5 Å². The molecule has 0 aliphatic carbocycles. The molecule has 0 atom stereocenters. The van der Waals surface area contributed by atoms with Crippen LogP contribution in [0.25, 0.3) is 0 Å². The Hall–Kier alpha value is -0.0831. The van der Waals surface area contributed by atoms with Gasteiger partial charge in [0.05, 0.1) is 8.80 Å². The first-order chi connectivity index (χ1) is 3.80. The summed E-state index contributed by atoms with van der Waals surface area (Å²) in [7, 11) is -0.151. The quantitative estimate of drug-likeness (QED) is 0.522. The van der Waals surface area contributed by atoms with E-state index >= 15 is 0 Å². The van der Waals surface area contributed by atoms with Crippen LogP contribution in [0.1, 0.15) is 0 Å². The topological polar surface area (TPSA) is 0 Å². The maximum Gasteiger partial charge on any atom is 0.0927 e. The van der Waals surface area contributed by atoms with Crippen LogP contribution in [-0.4, -0.2) is 8.80 Å². The van der Waals surface area contributed by atoms with Crippen molar-refractivity contribution in [2.45, 2.75) is 13.1 Å². The highest BCUT2D eigenvalue weighted by Crippen LogP contribution is 1.95. The molecule has 1 heterocycles. The van der Waals surface area contributed by atoms with Crippen LogP contribution in [0.2, 0.25) is 13.1 Å². The Kier molecular flexibility index (Phi) is 1.86. The Morgan fingerprint density at radius 2 is 2.25 bits per heavy atom. The van der Waals surface area contributed by atoms with Gasteiger partial charge in [-0.15, -0.1) is 0 Å². The molecular formula is C6H9SSi. The van der Waals surface area contributed by atoms with E-state index in [-0.39, 0.29) is 8.80 Å². The Labute approximate surface area is 55.8 Å². The van der Waals surface area contributed by atoms with Crippen molar-refractivity contribution < 1.29 is 0 Å². The lowest BCUT2D eigenvalue weighted by Crippen LogP contribution is -2.17. The summed E-state index contributed by atoms with van der Waals surface area (Å²) in [5.41, 5.74) is 0. The summed E-state index contributed by atoms with van der Waals surface area (Å²) in [6.07, 6.45) is 0. The van der Waals surface area contributed by atoms with Gasteiger partial charge in [-0.3, -0.25) is 0 Å².